The van der Waals surface area contributed by atoms with E-state index < -0.39 is 21.5 Å². The van der Waals surface area contributed by atoms with Gasteiger partial charge in [0.2, 0.25) is 0 Å². The van der Waals surface area contributed by atoms with Gasteiger partial charge in [-0.3, -0.25) is 4.72 Å². The van der Waals surface area contributed by atoms with Crippen molar-refractivity contribution in [2.75, 3.05) is 22.7 Å². The van der Waals surface area contributed by atoms with Crippen molar-refractivity contribution in [3.05, 3.63) is 64.8 Å². The van der Waals surface area contributed by atoms with Crippen LogP contribution in [0.2, 0.25) is 0 Å². The maximum absolute atomic E-state index is 13.5. The number of hydrogen-bond donors (Lipinski definition) is 1. The minimum atomic E-state index is -4.16. The van der Waals surface area contributed by atoms with Gasteiger partial charge >= 0.3 is 5.63 Å². The number of benzene rings is 2. The molecule has 3 aromatic rings. The predicted molar refractivity (Wildman–Crippen MR) is 101 cm³/mol. The number of hydrogen-bond acceptors (Lipinski definition) is 5. The van der Waals surface area contributed by atoms with E-state index >= 15 is 0 Å². The van der Waals surface area contributed by atoms with Crippen molar-refractivity contribution >= 4 is 32.4 Å². The molecule has 0 unspecified atom stereocenters. The van der Waals surface area contributed by atoms with Gasteiger partial charge in [-0.1, -0.05) is 18.2 Å². The standard InChI is InChI=1S/C19H17FN2O4S/c20-13-6-5-7-14(12-13)27(24,25)21-17-18(22-10-3-4-11-22)15-8-1-2-9-16(15)26-19(17)23/h1-2,5-9,12,21H,3-4,10-11H2. The van der Waals surface area contributed by atoms with Crippen LogP contribution in [-0.2, 0) is 10.0 Å². The van der Waals surface area contributed by atoms with Gasteiger partial charge in [0.15, 0.2) is 5.69 Å². The summed E-state index contributed by atoms with van der Waals surface area (Å²) in [5.74, 6) is -0.678. The fourth-order valence-corrected chi connectivity index (χ4v) is 4.41. The van der Waals surface area contributed by atoms with Crippen LogP contribution in [0.25, 0.3) is 11.0 Å². The van der Waals surface area contributed by atoms with Crippen molar-refractivity contribution < 1.29 is 17.2 Å². The lowest BCUT2D eigenvalue weighted by molar-refractivity contribution is 0.562. The molecule has 1 fully saturated rings. The third-order valence-corrected chi connectivity index (χ3v) is 5.90. The predicted octanol–water partition coefficient (Wildman–Crippen LogP) is 3.33. The Morgan fingerprint density at radius 3 is 2.52 bits per heavy atom. The van der Waals surface area contributed by atoms with Gasteiger partial charge < -0.3 is 9.32 Å². The van der Waals surface area contributed by atoms with E-state index in [1.807, 2.05) is 4.90 Å². The average molecular weight is 388 g/mol. The Labute approximate surface area is 155 Å². The van der Waals surface area contributed by atoms with Gasteiger partial charge in [0, 0.05) is 18.5 Å². The molecule has 0 saturated carbocycles. The molecule has 2 aromatic carbocycles. The molecule has 6 nitrogen and oxygen atoms in total. The van der Waals surface area contributed by atoms with Crippen LogP contribution in [0.1, 0.15) is 12.8 Å². The summed E-state index contributed by atoms with van der Waals surface area (Å²) >= 11 is 0. The van der Waals surface area contributed by atoms with Gasteiger partial charge in [-0.2, -0.15) is 0 Å². The monoisotopic (exact) mass is 388 g/mol. The fraction of sp³-hybridized carbons (Fsp3) is 0.211. The molecule has 0 atom stereocenters. The molecule has 0 radical (unpaired) electrons. The first-order valence-corrected chi connectivity index (χ1v) is 10.0. The quantitative estimate of drug-likeness (QED) is 0.694. The van der Waals surface area contributed by atoms with Gasteiger partial charge in [0.05, 0.1) is 10.6 Å². The topological polar surface area (TPSA) is 79.6 Å². The van der Waals surface area contributed by atoms with Gasteiger partial charge in [0.25, 0.3) is 10.0 Å². The Morgan fingerprint density at radius 2 is 1.78 bits per heavy atom. The molecule has 1 aromatic heterocycles. The molecule has 2 heterocycles. The lowest BCUT2D eigenvalue weighted by Crippen LogP contribution is -2.25. The Balaban J connectivity index is 1.89. The molecule has 0 bridgehead atoms. The number of nitrogens with zero attached hydrogens (tertiary/aromatic N) is 1. The zero-order valence-corrected chi connectivity index (χ0v) is 15.1. The number of para-hydroxylation sites is 1. The molecule has 140 valence electrons. The summed E-state index contributed by atoms with van der Waals surface area (Å²) < 4.78 is 46.6. The van der Waals surface area contributed by atoms with Crippen LogP contribution in [0.5, 0.6) is 0 Å². The molecule has 1 aliphatic rings. The molecule has 1 aliphatic heterocycles. The molecule has 1 N–H and O–H groups in total. The SMILES string of the molecule is O=c1oc2ccccc2c(N2CCCC2)c1NS(=O)(=O)c1cccc(F)c1. The highest BCUT2D eigenvalue weighted by Crippen LogP contribution is 2.35. The first-order chi connectivity index (χ1) is 13.0. The van der Waals surface area contributed by atoms with Crippen LogP contribution in [0.15, 0.2) is 62.6 Å². The van der Waals surface area contributed by atoms with Gasteiger partial charge in [-0.15, -0.1) is 0 Å². The summed E-state index contributed by atoms with van der Waals surface area (Å²) in [7, 11) is -4.16. The minimum absolute atomic E-state index is 0.153. The number of nitrogens with one attached hydrogen (secondary N) is 1. The normalized spacial score (nSPS) is 14.6. The smallest absolute Gasteiger partial charge is 0.363 e. The number of fused-ring (bicyclic) bond motifs is 1. The van der Waals surface area contributed by atoms with Crippen molar-refractivity contribution in [1.82, 2.24) is 0 Å². The van der Waals surface area contributed by atoms with E-state index in [4.69, 9.17) is 4.42 Å². The zero-order valence-electron chi connectivity index (χ0n) is 14.3. The molecule has 4 rings (SSSR count). The Kier molecular flexibility index (Phi) is 4.35. The Hall–Kier alpha value is -2.87. The zero-order chi connectivity index (χ0) is 19.0. The first kappa shape index (κ1) is 17.5. The highest BCUT2D eigenvalue weighted by Gasteiger charge is 2.26. The van der Waals surface area contributed by atoms with Crippen LogP contribution in [0.3, 0.4) is 0 Å². The van der Waals surface area contributed by atoms with E-state index in [2.05, 4.69) is 4.72 Å². The molecule has 27 heavy (non-hydrogen) atoms. The summed E-state index contributed by atoms with van der Waals surface area (Å²) in [5.41, 5.74) is -0.0483. The minimum Gasteiger partial charge on any atom is -0.421 e. The van der Waals surface area contributed by atoms with E-state index in [-0.39, 0.29) is 10.6 Å². The van der Waals surface area contributed by atoms with Gasteiger partial charge in [-0.25, -0.2) is 17.6 Å². The molecular formula is C19H17FN2O4S. The Bertz CT molecular complexity index is 1170. The lowest BCUT2D eigenvalue weighted by Gasteiger charge is -2.22. The molecule has 8 heteroatoms. The molecular weight excluding hydrogens is 371 g/mol. The van der Waals surface area contributed by atoms with E-state index in [9.17, 15) is 17.6 Å². The van der Waals surface area contributed by atoms with Crippen LogP contribution in [0.4, 0.5) is 15.8 Å². The highest BCUT2D eigenvalue weighted by atomic mass is 32.2. The van der Waals surface area contributed by atoms with Crippen molar-refractivity contribution in [2.24, 2.45) is 0 Å². The Morgan fingerprint density at radius 1 is 1.04 bits per heavy atom. The second kappa shape index (κ2) is 6.70. The lowest BCUT2D eigenvalue weighted by atomic mass is 10.1. The van der Waals surface area contributed by atoms with Crippen LogP contribution in [0, 0.1) is 5.82 Å². The number of halogens is 1. The van der Waals surface area contributed by atoms with E-state index in [1.54, 1.807) is 24.3 Å². The summed E-state index contributed by atoms with van der Waals surface area (Å²) in [6.07, 6.45) is 1.90. The molecule has 0 amide bonds. The van der Waals surface area contributed by atoms with Gasteiger partial charge in [0.1, 0.15) is 11.4 Å². The maximum Gasteiger partial charge on any atom is 0.363 e. The van der Waals surface area contributed by atoms with Gasteiger partial charge in [-0.05, 0) is 43.2 Å². The first-order valence-electron chi connectivity index (χ1n) is 8.55. The number of anilines is 2. The third kappa shape index (κ3) is 3.28. The highest BCUT2D eigenvalue weighted by molar-refractivity contribution is 7.92. The van der Waals surface area contributed by atoms with Crippen LogP contribution in [-0.4, -0.2) is 21.5 Å². The average Bonchev–Trinajstić information content (AvgIpc) is 3.16. The molecule has 1 saturated heterocycles. The van der Waals surface area contributed by atoms with Crippen molar-refractivity contribution in [3.8, 4) is 0 Å². The largest absolute Gasteiger partial charge is 0.421 e. The van der Waals surface area contributed by atoms with E-state index in [0.717, 1.165) is 25.0 Å². The van der Waals surface area contributed by atoms with Crippen LogP contribution >= 0.6 is 0 Å². The second-order valence-corrected chi connectivity index (χ2v) is 8.05. The fourth-order valence-electron chi connectivity index (χ4n) is 3.32. The second-order valence-electron chi connectivity index (χ2n) is 6.37. The summed E-state index contributed by atoms with van der Waals surface area (Å²) in [5, 5.41) is 0.649. The van der Waals surface area contributed by atoms with E-state index in [0.29, 0.717) is 29.7 Å². The number of sulfonamides is 1. The number of rotatable bonds is 4. The summed E-state index contributed by atoms with van der Waals surface area (Å²) in [6.45, 7) is 1.42. The third-order valence-electron chi connectivity index (χ3n) is 4.55. The van der Waals surface area contributed by atoms with E-state index in [1.165, 1.54) is 12.1 Å². The summed E-state index contributed by atoms with van der Waals surface area (Å²) in [4.78, 5) is 14.3. The summed E-state index contributed by atoms with van der Waals surface area (Å²) in [6, 6.07) is 11.6. The molecule has 0 aliphatic carbocycles. The van der Waals surface area contributed by atoms with Crippen molar-refractivity contribution in [1.29, 1.82) is 0 Å². The maximum atomic E-state index is 13.5. The van der Waals surface area contributed by atoms with Crippen molar-refractivity contribution in [3.63, 3.8) is 0 Å². The van der Waals surface area contributed by atoms with Crippen molar-refractivity contribution in [2.45, 2.75) is 17.7 Å². The van der Waals surface area contributed by atoms with Crippen LogP contribution < -0.4 is 15.2 Å². The molecule has 0 spiro atoms.